The van der Waals surface area contributed by atoms with E-state index < -0.39 is 11.5 Å². The molecule has 1 aliphatic carbocycles. The van der Waals surface area contributed by atoms with Crippen LogP contribution in [0.2, 0.25) is 0 Å². The number of aliphatic carboxylic acids is 1. The molecule has 2 fully saturated rings. The molecule has 1 saturated carbocycles. The van der Waals surface area contributed by atoms with Gasteiger partial charge in [0.25, 0.3) is 0 Å². The second-order valence-electron chi connectivity index (χ2n) is 7.04. The molecule has 4 nitrogen and oxygen atoms in total. The maximum atomic E-state index is 12.1. The molecule has 20 heavy (non-hydrogen) atoms. The summed E-state index contributed by atoms with van der Waals surface area (Å²) in [5.41, 5.74) is -0.714. The topological polar surface area (TPSA) is 61.4 Å². The van der Waals surface area contributed by atoms with E-state index in [4.69, 9.17) is 0 Å². The van der Waals surface area contributed by atoms with Gasteiger partial charge >= 0.3 is 5.97 Å². The van der Waals surface area contributed by atoms with Crippen molar-refractivity contribution in [3.05, 3.63) is 0 Å². The molecule has 0 aromatic carbocycles. The molecule has 116 valence electrons. The van der Waals surface area contributed by atoms with E-state index in [1.54, 1.807) is 0 Å². The molecule has 0 amide bonds. The van der Waals surface area contributed by atoms with Gasteiger partial charge in [0.2, 0.25) is 0 Å². The number of rotatable bonds is 6. The maximum absolute atomic E-state index is 12.1. The van der Waals surface area contributed by atoms with Crippen LogP contribution in [0.5, 0.6) is 0 Å². The van der Waals surface area contributed by atoms with E-state index in [0.717, 1.165) is 45.2 Å². The summed E-state index contributed by atoms with van der Waals surface area (Å²) in [5.74, 6) is 0.0590. The Balaban J connectivity index is 2.17. The normalized spacial score (nSPS) is 27.6. The third kappa shape index (κ3) is 3.53. The van der Waals surface area contributed by atoms with Gasteiger partial charge in [-0.25, -0.2) is 0 Å². The van der Waals surface area contributed by atoms with Gasteiger partial charge in [0, 0.05) is 12.6 Å². The molecule has 0 aromatic rings. The van der Waals surface area contributed by atoms with E-state index >= 15 is 0 Å². The highest BCUT2D eigenvalue weighted by Gasteiger charge is 2.47. The monoisotopic (exact) mass is 282 g/mol. The minimum absolute atomic E-state index is 0.296. The number of hydrogen-bond donors (Lipinski definition) is 3. The number of hydrogen-bond acceptors (Lipinski definition) is 3. The van der Waals surface area contributed by atoms with E-state index in [-0.39, 0.29) is 0 Å². The van der Waals surface area contributed by atoms with Crippen molar-refractivity contribution in [2.75, 3.05) is 13.1 Å². The lowest BCUT2D eigenvalue weighted by Crippen LogP contribution is -2.63. The minimum atomic E-state index is -0.714. The Morgan fingerprint density at radius 3 is 2.50 bits per heavy atom. The largest absolute Gasteiger partial charge is 0.480 e. The molecule has 0 spiro atoms. The highest BCUT2D eigenvalue weighted by molar-refractivity contribution is 5.79. The Bertz CT molecular complexity index is 320. The Labute approximate surface area is 122 Å². The molecular formula is C16H30N2O2. The predicted octanol–water partition coefficient (Wildman–Crippen LogP) is 2.39. The SMILES string of the molecule is CC(C)C[C@@](NC1CCCNC1)(C(=O)O)C1CCCC1. The number of piperidine rings is 1. The third-order valence-corrected chi connectivity index (χ3v) is 4.92. The van der Waals surface area contributed by atoms with Crippen LogP contribution in [0.4, 0.5) is 0 Å². The van der Waals surface area contributed by atoms with Gasteiger partial charge < -0.3 is 10.4 Å². The lowest BCUT2D eigenvalue weighted by molar-refractivity contribution is -0.149. The average molecular weight is 282 g/mol. The first-order valence-electron chi connectivity index (χ1n) is 8.26. The van der Waals surface area contributed by atoms with Crippen molar-refractivity contribution in [2.24, 2.45) is 11.8 Å². The second kappa shape index (κ2) is 6.90. The molecule has 1 heterocycles. The predicted molar refractivity (Wildman–Crippen MR) is 80.8 cm³/mol. The van der Waals surface area contributed by atoms with E-state index in [1.807, 2.05) is 0 Å². The van der Waals surface area contributed by atoms with E-state index in [2.05, 4.69) is 24.5 Å². The standard InChI is InChI=1S/C16H30N2O2/c1-12(2)10-16(15(19)20,13-6-3-4-7-13)18-14-8-5-9-17-11-14/h12-14,17-18H,3-11H2,1-2H3,(H,19,20)/t14?,16-/m0/s1. The molecule has 0 bridgehead atoms. The van der Waals surface area contributed by atoms with Crippen LogP contribution < -0.4 is 10.6 Å². The Morgan fingerprint density at radius 2 is 2.00 bits per heavy atom. The van der Waals surface area contributed by atoms with Crippen molar-refractivity contribution in [2.45, 2.75) is 70.4 Å². The highest BCUT2D eigenvalue weighted by atomic mass is 16.4. The lowest BCUT2D eigenvalue weighted by Gasteiger charge is -2.41. The fourth-order valence-electron chi connectivity index (χ4n) is 4.07. The fourth-order valence-corrected chi connectivity index (χ4v) is 4.07. The number of carbonyl (C=O) groups is 1. The summed E-state index contributed by atoms with van der Waals surface area (Å²) in [7, 11) is 0. The van der Waals surface area contributed by atoms with Gasteiger partial charge in [-0.05, 0) is 50.5 Å². The van der Waals surface area contributed by atoms with Gasteiger partial charge in [-0.3, -0.25) is 10.1 Å². The van der Waals surface area contributed by atoms with Crippen molar-refractivity contribution in [1.82, 2.24) is 10.6 Å². The maximum Gasteiger partial charge on any atom is 0.324 e. The van der Waals surface area contributed by atoms with Crippen LogP contribution in [-0.4, -0.2) is 35.7 Å². The third-order valence-electron chi connectivity index (χ3n) is 4.92. The quantitative estimate of drug-likeness (QED) is 0.700. The van der Waals surface area contributed by atoms with Crippen LogP contribution in [-0.2, 0) is 4.79 Å². The molecule has 0 aromatic heterocycles. The first kappa shape index (κ1) is 15.8. The summed E-state index contributed by atoms with van der Waals surface area (Å²) >= 11 is 0. The Morgan fingerprint density at radius 1 is 1.30 bits per heavy atom. The number of carboxylic acids is 1. The lowest BCUT2D eigenvalue weighted by atomic mass is 9.75. The van der Waals surface area contributed by atoms with Gasteiger partial charge in [0.15, 0.2) is 0 Å². The number of nitrogens with one attached hydrogen (secondary N) is 2. The first-order chi connectivity index (χ1) is 9.54. The summed E-state index contributed by atoms with van der Waals surface area (Å²) in [6, 6.07) is 0.305. The summed E-state index contributed by atoms with van der Waals surface area (Å²) in [5, 5.41) is 16.9. The van der Waals surface area contributed by atoms with Crippen molar-refractivity contribution >= 4 is 5.97 Å². The molecule has 4 heteroatoms. The van der Waals surface area contributed by atoms with Gasteiger partial charge in [-0.2, -0.15) is 0 Å². The summed E-state index contributed by atoms with van der Waals surface area (Å²) in [6.07, 6.45) is 7.46. The molecule has 3 N–H and O–H groups in total. The van der Waals surface area contributed by atoms with Crippen molar-refractivity contribution < 1.29 is 9.90 Å². The van der Waals surface area contributed by atoms with E-state index in [0.29, 0.717) is 17.9 Å². The Kier molecular flexibility index (Phi) is 5.44. The molecule has 2 rings (SSSR count). The van der Waals surface area contributed by atoms with Crippen LogP contribution in [0.15, 0.2) is 0 Å². The molecular weight excluding hydrogens is 252 g/mol. The van der Waals surface area contributed by atoms with Crippen LogP contribution in [0.1, 0.15) is 58.8 Å². The minimum Gasteiger partial charge on any atom is -0.480 e. The summed E-state index contributed by atoms with van der Waals surface area (Å²) in [4.78, 5) is 12.1. The smallest absolute Gasteiger partial charge is 0.324 e. The number of carboxylic acid groups (broad SMARTS) is 1. The van der Waals surface area contributed by atoms with Crippen molar-refractivity contribution in [1.29, 1.82) is 0 Å². The molecule has 2 atom stereocenters. The average Bonchev–Trinajstić information content (AvgIpc) is 2.92. The van der Waals surface area contributed by atoms with Crippen LogP contribution in [0.25, 0.3) is 0 Å². The van der Waals surface area contributed by atoms with E-state index in [9.17, 15) is 9.90 Å². The van der Waals surface area contributed by atoms with Crippen LogP contribution in [0.3, 0.4) is 0 Å². The zero-order valence-corrected chi connectivity index (χ0v) is 13.0. The van der Waals surface area contributed by atoms with Crippen molar-refractivity contribution in [3.8, 4) is 0 Å². The Hall–Kier alpha value is -0.610. The van der Waals surface area contributed by atoms with Crippen LogP contribution in [0, 0.1) is 11.8 Å². The molecule has 0 radical (unpaired) electrons. The first-order valence-corrected chi connectivity index (χ1v) is 8.26. The summed E-state index contributed by atoms with van der Waals surface area (Å²) < 4.78 is 0. The zero-order chi connectivity index (χ0) is 14.6. The molecule has 1 unspecified atom stereocenters. The zero-order valence-electron chi connectivity index (χ0n) is 13.0. The van der Waals surface area contributed by atoms with Crippen molar-refractivity contribution in [3.63, 3.8) is 0 Å². The highest BCUT2D eigenvalue weighted by Crippen LogP contribution is 2.38. The van der Waals surface area contributed by atoms with Gasteiger partial charge in [-0.1, -0.05) is 26.7 Å². The molecule has 1 aliphatic heterocycles. The van der Waals surface area contributed by atoms with Crippen LogP contribution >= 0.6 is 0 Å². The van der Waals surface area contributed by atoms with E-state index in [1.165, 1.54) is 12.8 Å². The summed E-state index contributed by atoms with van der Waals surface area (Å²) in [6.45, 7) is 6.23. The van der Waals surface area contributed by atoms with Gasteiger partial charge in [-0.15, -0.1) is 0 Å². The molecule has 1 saturated heterocycles. The van der Waals surface area contributed by atoms with Gasteiger partial charge in [0.05, 0.1) is 0 Å². The second-order valence-corrected chi connectivity index (χ2v) is 7.04. The molecule has 2 aliphatic rings. The van der Waals surface area contributed by atoms with Gasteiger partial charge in [0.1, 0.15) is 5.54 Å². The fraction of sp³-hybridized carbons (Fsp3) is 0.938.